The molecule has 0 spiro atoms. The molecule has 7 heteroatoms. The lowest BCUT2D eigenvalue weighted by molar-refractivity contribution is 0.0946. The van der Waals surface area contributed by atoms with Crippen molar-refractivity contribution < 1.29 is 9.53 Å². The van der Waals surface area contributed by atoms with Crippen LogP contribution in [0.1, 0.15) is 41.7 Å². The number of nitrogens with zero attached hydrogens (tertiary/aromatic N) is 3. The van der Waals surface area contributed by atoms with Crippen LogP contribution in [-0.4, -0.2) is 25.7 Å². The van der Waals surface area contributed by atoms with Crippen molar-refractivity contribution in [2.24, 2.45) is 0 Å². The van der Waals surface area contributed by atoms with Crippen molar-refractivity contribution >= 4 is 17.6 Å². The van der Waals surface area contributed by atoms with E-state index >= 15 is 0 Å². The van der Waals surface area contributed by atoms with Gasteiger partial charge in [-0.05, 0) is 31.7 Å². The van der Waals surface area contributed by atoms with E-state index in [9.17, 15) is 4.79 Å². The molecule has 1 saturated carbocycles. The fraction of sp³-hybridized carbons (Fsp3) is 0.429. The number of nitrogens with one attached hydrogen (secondary N) is 1. The van der Waals surface area contributed by atoms with Crippen LogP contribution in [0.2, 0.25) is 0 Å². The molecule has 0 bridgehead atoms. The summed E-state index contributed by atoms with van der Waals surface area (Å²) < 4.78 is 13.7. The van der Waals surface area contributed by atoms with Crippen LogP contribution in [0.3, 0.4) is 0 Å². The number of pyridine rings is 1. The zero-order valence-corrected chi connectivity index (χ0v) is 12.3. The first-order chi connectivity index (χ1) is 10.3. The summed E-state index contributed by atoms with van der Waals surface area (Å²) in [6.45, 7) is 0.367. The van der Waals surface area contributed by atoms with Gasteiger partial charge in [0.15, 0.2) is 5.69 Å². The Bertz CT molecular complexity index is 597. The summed E-state index contributed by atoms with van der Waals surface area (Å²) >= 11 is 1.02. The second kappa shape index (κ2) is 6.62. The first kappa shape index (κ1) is 13.9. The van der Waals surface area contributed by atoms with E-state index in [1.807, 2.05) is 12.1 Å². The Morgan fingerprint density at radius 1 is 1.43 bits per heavy atom. The third-order valence-electron chi connectivity index (χ3n) is 3.46. The van der Waals surface area contributed by atoms with Crippen LogP contribution in [-0.2, 0) is 6.54 Å². The summed E-state index contributed by atoms with van der Waals surface area (Å²) in [5.41, 5.74) is 1.21. The Morgan fingerprint density at radius 3 is 3.05 bits per heavy atom. The van der Waals surface area contributed by atoms with Crippen molar-refractivity contribution in [3.05, 3.63) is 35.8 Å². The SMILES string of the molecule is O=C(NCc1cccnc1OC1CCCC1)c1cnsn1. The molecule has 110 valence electrons. The van der Waals surface area contributed by atoms with Crippen molar-refractivity contribution in [2.75, 3.05) is 0 Å². The molecule has 2 aromatic heterocycles. The predicted molar refractivity (Wildman–Crippen MR) is 78.2 cm³/mol. The standard InChI is InChI=1S/C14H16N4O2S/c19-13(12-9-17-21-18-12)16-8-10-4-3-7-15-14(10)20-11-5-1-2-6-11/h3-4,7,9,11H,1-2,5-6,8H2,(H,16,19). The summed E-state index contributed by atoms with van der Waals surface area (Å²) in [7, 11) is 0. The van der Waals surface area contributed by atoms with Gasteiger partial charge >= 0.3 is 0 Å². The lowest BCUT2D eigenvalue weighted by atomic mass is 10.2. The number of hydrogen-bond acceptors (Lipinski definition) is 6. The molecule has 2 aromatic rings. The Morgan fingerprint density at radius 2 is 2.29 bits per heavy atom. The van der Waals surface area contributed by atoms with Crippen LogP contribution in [0.4, 0.5) is 0 Å². The van der Waals surface area contributed by atoms with Gasteiger partial charge in [-0.1, -0.05) is 6.07 Å². The number of hydrogen-bond donors (Lipinski definition) is 1. The molecule has 1 fully saturated rings. The van der Waals surface area contributed by atoms with Gasteiger partial charge in [-0.25, -0.2) is 4.98 Å². The molecule has 1 aliphatic carbocycles. The quantitative estimate of drug-likeness (QED) is 0.916. The molecule has 0 unspecified atom stereocenters. The Labute approximate surface area is 126 Å². The molecule has 0 atom stereocenters. The molecular formula is C14H16N4O2S. The Hall–Kier alpha value is -2.02. The maximum Gasteiger partial charge on any atom is 0.272 e. The third kappa shape index (κ3) is 3.55. The number of carbonyl (C=O) groups excluding carboxylic acids is 1. The first-order valence-electron chi connectivity index (χ1n) is 6.99. The Balaban J connectivity index is 1.63. The minimum absolute atomic E-state index is 0.237. The second-order valence-corrected chi connectivity index (χ2v) is 5.52. The molecule has 0 saturated heterocycles. The normalized spacial score (nSPS) is 15.0. The molecule has 1 N–H and O–H groups in total. The van der Waals surface area contributed by atoms with Gasteiger partial charge < -0.3 is 10.1 Å². The maximum atomic E-state index is 11.9. The highest BCUT2D eigenvalue weighted by molar-refractivity contribution is 6.99. The first-order valence-corrected chi connectivity index (χ1v) is 7.72. The summed E-state index contributed by atoms with van der Waals surface area (Å²) in [5, 5.41) is 2.81. The van der Waals surface area contributed by atoms with Crippen molar-refractivity contribution in [1.29, 1.82) is 0 Å². The van der Waals surface area contributed by atoms with Crippen LogP contribution in [0.25, 0.3) is 0 Å². The second-order valence-electron chi connectivity index (χ2n) is 4.97. The molecule has 6 nitrogen and oxygen atoms in total. The van der Waals surface area contributed by atoms with Gasteiger partial charge in [0.05, 0.1) is 17.9 Å². The number of aromatic nitrogens is 3. The van der Waals surface area contributed by atoms with E-state index in [1.54, 1.807) is 6.20 Å². The summed E-state index contributed by atoms with van der Waals surface area (Å²) in [4.78, 5) is 16.2. The molecule has 1 amide bonds. The van der Waals surface area contributed by atoms with Crippen molar-refractivity contribution in [2.45, 2.75) is 38.3 Å². The van der Waals surface area contributed by atoms with Crippen LogP contribution >= 0.6 is 11.7 Å². The highest BCUT2D eigenvalue weighted by Crippen LogP contribution is 2.24. The highest BCUT2D eigenvalue weighted by atomic mass is 32.1. The monoisotopic (exact) mass is 304 g/mol. The molecule has 2 heterocycles. The fourth-order valence-electron chi connectivity index (χ4n) is 2.36. The molecule has 1 aliphatic rings. The van der Waals surface area contributed by atoms with E-state index in [1.165, 1.54) is 19.0 Å². The van der Waals surface area contributed by atoms with E-state index in [0.717, 1.165) is 30.1 Å². The highest BCUT2D eigenvalue weighted by Gasteiger charge is 2.19. The van der Waals surface area contributed by atoms with E-state index in [2.05, 4.69) is 19.0 Å². The van der Waals surface area contributed by atoms with Gasteiger partial charge in [0, 0.05) is 18.3 Å². The van der Waals surface area contributed by atoms with E-state index in [0.29, 0.717) is 18.1 Å². The predicted octanol–water partition coefficient (Wildman–Crippen LogP) is 2.18. The minimum atomic E-state index is -0.237. The van der Waals surface area contributed by atoms with E-state index in [-0.39, 0.29) is 12.0 Å². The molecule has 0 radical (unpaired) electrons. The lowest BCUT2D eigenvalue weighted by Gasteiger charge is -2.15. The van der Waals surface area contributed by atoms with E-state index in [4.69, 9.17) is 4.74 Å². The average Bonchev–Trinajstić information content (AvgIpc) is 3.19. The average molecular weight is 304 g/mol. The summed E-state index contributed by atoms with van der Waals surface area (Å²) in [6, 6.07) is 3.75. The van der Waals surface area contributed by atoms with Gasteiger partial charge in [0.2, 0.25) is 5.88 Å². The van der Waals surface area contributed by atoms with Crippen molar-refractivity contribution in [3.63, 3.8) is 0 Å². The fourth-order valence-corrected chi connectivity index (χ4v) is 2.77. The number of ether oxygens (including phenoxy) is 1. The Kier molecular flexibility index (Phi) is 4.40. The number of rotatable bonds is 5. The number of carbonyl (C=O) groups is 1. The molecule has 21 heavy (non-hydrogen) atoms. The van der Waals surface area contributed by atoms with Crippen LogP contribution < -0.4 is 10.1 Å². The topological polar surface area (TPSA) is 77.0 Å². The zero-order valence-electron chi connectivity index (χ0n) is 11.5. The smallest absolute Gasteiger partial charge is 0.272 e. The summed E-state index contributed by atoms with van der Waals surface area (Å²) in [5.74, 6) is 0.375. The van der Waals surface area contributed by atoms with Gasteiger partial charge in [0.1, 0.15) is 6.10 Å². The third-order valence-corrected chi connectivity index (χ3v) is 3.94. The molecule has 0 aromatic carbocycles. The van der Waals surface area contributed by atoms with E-state index < -0.39 is 0 Å². The largest absolute Gasteiger partial charge is 0.474 e. The summed E-state index contributed by atoms with van der Waals surface area (Å²) in [6.07, 6.45) is 7.98. The van der Waals surface area contributed by atoms with Gasteiger partial charge in [-0.15, -0.1) is 0 Å². The van der Waals surface area contributed by atoms with Crippen molar-refractivity contribution in [1.82, 2.24) is 19.0 Å². The van der Waals surface area contributed by atoms with Gasteiger partial charge in [0.25, 0.3) is 5.91 Å². The maximum absolute atomic E-state index is 11.9. The zero-order chi connectivity index (χ0) is 14.5. The van der Waals surface area contributed by atoms with Gasteiger partial charge in [-0.3, -0.25) is 4.79 Å². The van der Waals surface area contributed by atoms with Gasteiger partial charge in [-0.2, -0.15) is 8.75 Å². The molecule has 3 rings (SSSR count). The van der Waals surface area contributed by atoms with Crippen LogP contribution in [0.5, 0.6) is 5.88 Å². The lowest BCUT2D eigenvalue weighted by Crippen LogP contribution is -2.24. The van der Waals surface area contributed by atoms with Crippen LogP contribution in [0.15, 0.2) is 24.5 Å². The van der Waals surface area contributed by atoms with Crippen LogP contribution in [0, 0.1) is 0 Å². The minimum Gasteiger partial charge on any atom is -0.474 e. The molecular weight excluding hydrogens is 288 g/mol. The van der Waals surface area contributed by atoms with Crippen molar-refractivity contribution in [3.8, 4) is 5.88 Å². The molecule has 0 aliphatic heterocycles. The number of amides is 1.